The third-order valence-corrected chi connectivity index (χ3v) is 4.80. The Balaban J connectivity index is 1.88. The summed E-state index contributed by atoms with van der Waals surface area (Å²) < 4.78 is 5.38. The molecule has 2 aromatic rings. The third kappa shape index (κ3) is 2.10. The average molecular weight is 262 g/mol. The van der Waals surface area contributed by atoms with Crippen LogP contribution in [0.2, 0.25) is 0 Å². The zero-order valence-corrected chi connectivity index (χ0v) is 11.4. The van der Waals surface area contributed by atoms with Gasteiger partial charge in [-0.05, 0) is 30.9 Å². The van der Waals surface area contributed by atoms with Crippen LogP contribution in [0.5, 0.6) is 0 Å². The van der Waals surface area contributed by atoms with Gasteiger partial charge in [-0.15, -0.1) is 11.3 Å². The van der Waals surface area contributed by atoms with Crippen LogP contribution in [0.15, 0.2) is 28.2 Å². The van der Waals surface area contributed by atoms with E-state index in [9.17, 15) is 0 Å². The lowest BCUT2D eigenvalue weighted by Gasteiger charge is -2.35. The molecule has 1 aliphatic rings. The molecule has 0 aliphatic heterocycles. The highest BCUT2D eigenvalue weighted by Crippen LogP contribution is 2.40. The predicted octanol–water partition coefficient (Wildman–Crippen LogP) is 3.77. The van der Waals surface area contributed by atoms with Crippen molar-refractivity contribution in [1.82, 2.24) is 4.98 Å². The Morgan fingerprint density at radius 1 is 1.56 bits per heavy atom. The van der Waals surface area contributed by atoms with Gasteiger partial charge in [-0.3, -0.25) is 0 Å². The van der Waals surface area contributed by atoms with Crippen LogP contribution < -0.4 is 5.73 Å². The van der Waals surface area contributed by atoms with Crippen molar-refractivity contribution in [3.63, 3.8) is 0 Å². The van der Waals surface area contributed by atoms with E-state index in [0.717, 1.165) is 29.3 Å². The molecule has 0 bridgehead atoms. The van der Waals surface area contributed by atoms with E-state index < -0.39 is 0 Å². The van der Waals surface area contributed by atoms with Gasteiger partial charge in [-0.25, -0.2) is 4.98 Å². The molecule has 0 saturated heterocycles. The zero-order chi connectivity index (χ0) is 12.6. The Labute approximate surface area is 111 Å². The predicted molar refractivity (Wildman–Crippen MR) is 73.3 cm³/mol. The SMILES string of the molecule is CC1CCCC(N)(c2nc(-c3ccco3)cs2)C1. The summed E-state index contributed by atoms with van der Waals surface area (Å²) in [6.07, 6.45) is 6.25. The van der Waals surface area contributed by atoms with Crippen molar-refractivity contribution < 1.29 is 4.42 Å². The van der Waals surface area contributed by atoms with Gasteiger partial charge in [-0.1, -0.05) is 19.8 Å². The molecule has 3 rings (SSSR count). The molecule has 3 nitrogen and oxygen atoms in total. The second kappa shape index (κ2) is 4.52. The number of rotatable bonds is 2. The first-order valence-electron chi connectivity index (χ1n) is 6.46. The van der Waals surface area contributed by atoms with Gasteiger partial charge < -0.3 is 10.2 Å². The van der Waals surface area contributed by atoms with Crippen molar-refractivity contribution >= 4 is 11.3 Å². The van der Waals surface area contributed by atoms with Crippen LogP contribution in [0.4, 0.5) is 0 Å². The molecule has 0 radical (unpaired) electrons. The number of thiazole rings is 1. The first kappa shape index (κ1) is 11.9. The Morgan fingerprint density at radius 3 is 3.17 bits per heavy atom. The number of hydrogen-bond donors (Lipinski definition) is 1. The normalized spacial score (nSPS) is 28.4. The summed E-state index contributed by atoms with van der Waals surface area (Å²) in [5, 5.41) is 3.10. The van der Waals surface area contributed by atoms with Crippen LogP contribution in [0, 0.1) is 5.92 Å². The molecule has 1 saturated carbocycles. The fourth-order valence-corrected chi connectivity index (χ4v) is 3.79. The highest BCUT2D eigenvalue weighted by molar-refractivity contribution is 7.10. The van der Waals surface area contributed by atoms with Crippen LogP contribution in [-0.4, -0.2) is 4.98 Å². The molecule has 2 heterocycles. The van der Waals surface area contributed by atoms with Gasteiger partial charge in [0.2, 0.25) is 0 Å². The number of furan rings is 1. The number of aromatic nitrogens is 1. The fourth-order valence-electron chi connectivity index (χ4n) is 2.83. The molecular weight excluding hydrogens is 244 g/mol. The summed E-state index contributed by atoms with van der Waals surface area (Å²) in [6.45, 7) is 2.28. The maximum atomic E-state index is 6.55. The highest BCUT2D eigenvalue weighted by Gasteiger charge is 2.35. The molecule has 0 aromatic carbocycles. The van der Waals surface area contributed by atoms with Gasteiger partial charge in [0.15, 0.2) is 5.76 Å². The monoisotopic (exact) mass is 262 g/mol. The summed E-state index contributed by atoms with van der Waals surface area (Å²) in [6, 6.07) is 3.82. The summed E-state index contributed by atoms with van der Waals surface area (Å²) >= 11 is 1.66. The smallest absolute Gasteiger partial charge is 0.153 e. The molecule has 4 heteroatoms. The minimum Gasteiger partial charge on any atom is -0.463 e. The zero-order valence-electron chi connectivity index (χ0n) is 10.6. The maximum absolute atomic E-state index is 6.55. The van der Waals surface area contributed by atoms with Crippen LogP contribution in [0.25, 0.3) is 11.5 Å². The number of hydrogen-bond acceptors (Lipinski definition) is 4. The minimum absolute atomic E-state index is 0.229. The van der Waals surface area contributed by atoms with E-state index in [4.69, 9.17) is 10.2 Å². The first-order chi connectivity index (χ1) is 8.67. The molecule has 96 valence electrons. The van der Waals surface area contributed by atoms with Crippen molar-refractivity contribution in [1.29, 1.82) is 0 Å². The summed E-state index contributed by atoms with van der Waals surface area (Å²) in [4.78, 5) is 4.68. The Hall–Kier alpha value is -1.13. The molecule has 18 heavy (non-hydrogen) atoms. The van der Waals surface area contributed by atoms with E-state index >= 15 is 0 Å². The van der Waals surface area contributed by atoms with E-state index in [0.29, 0.717) is 5.92 Å². The van der Waals surface area contributed by atoms with Crippen LogP contribution in [-0.2, 0) is 5.54 Å². The molecule has 1 fully saturated rings. The van der Waals surface area contributed by atoms with Crippen molar-refractivity contribution in [2.45, 2.75) is 38.1 Å². The lowest BCUT2D eigenvalue weighted by Crippen LogP contribution is -2.40. The minimum atomic E-state index is -0.229. The molecule has 2 N–H and O–H groups in total. The van der Waals surface area contributed by atoms with E-state index in [1.807, 2.05) is 17.5 Å². The number of nitrogens with zero attached hydrogens (tertiary/aromatic N) is 1. The van der Waals surface area contributed by atoms with Crippen molar-refractivity contribution in [2.75, 3.05) is 0 Å². The van der Waals surface area contributed by atoms with Gasteiger partial charge in [0.1, 0.15) is 10.7 Å². The van der Waals surface area contributed by atoms with Crippen molar-refractivity contribution in [3.05, 3.63) is 28.8 Å². The van der Waals surface area contributed by atoms with E-state index in [1.165, 1.54) is 12.8 Å². The van der Waals surface area contributed by atoms with Crippen molar-refractivity contribution in [2.24, 2.45) is 11.7 Å². The van der Waals surface area contributed by atoms with Gasteiger partial charge in [0.05, 0.1) is 11.8 Å². The summed E-state index contributed by atoms with van der Waals surface area (Å²) in [5.74, 6) is 1.52. The molecule has 2 atom stereocenters. The van der Waals surface area contributed by atoms with Crippen molar-refractivity contribution in [3.8, 4) is 11.5 Å². The standard InChI is InChI=1S/C14H18N2OS/c1-10-4-2-6-14(15,8-10)13-16-11(9-18-13)12-5-3-7-17-12/h3,5,7,9-10H,2,4,6,8,15H2,1H3. The molecule has 2 unspecified atom stereocenters. The maximum Gasteiger partial charge on any atom is 0.153 e. The Kier molecular flexibility index (Phi) is 2.99. The van der Waals surface area contributed by atoms with E-state index in [2.05, 4.69) is 11.9 Å². The third-order valence-electron chi connectivity index (χ3n) is 3.74. The fraction of sp³-hybridized carbons (Fsp3) is 0.500. The number of nitrogens with two attached hydrogens (primary N) is 1. The molecule has 0 amide bonds. The Bertz CT molecular complexity index is 520. The summed E-state index contributed by atoms with van der Waals surface area (Å²) in [5.41, 5.74) is 7.23. The quantitative estimate of drug-likeness (QED) is 0.896. The lowest BCUT2D eigenvalue weighted by molar-refractivity contribution is 0.238. The molecule has 0 spiro atoms. The van der Waals surface area contributed by atoms with Crippen LogP contribution in [0.1, 0.15) is 37.6 Å². The largest absolute Gasteiger partial charge is 0.463 e. The average Bonchev–Trinajstić information content (AvgIpc) is 3.00. The topological polar surface area (TPSA) is 52.0 Å². The second-order valence-electron chi connectivity index (χ2n) is 5.37. The van der Waals surface area contributed by atoms with E-state index in [-0.39, 0.29) is 5.54 Å². The van der Waals surface area contributed by atoms with Gasteiger partial charge in [-0.2, -0.15) is 0 Å². The van der Waals surface area contributed by atoms with Gasteiger partial charge in [0.25, 0.3) is 0 Å². The molecular formula is C14H18N2OS. The second-order valence-corrected chi connectivity index (χ2v) is 6.23. The molecule has 2 aromatic heterocycles. The van der Waals surface area contributed by atoms with Gasteiger partial charge >= 0.3 is 0 Å². The van der Waals surface area contributed by atoms with Crippen LogP contribution >= 0.6 is 11.3 Å². The first-order valence-corrected chi connectivity index (χ1v) is 7.34. The van der Waals surface area contributed by atoms with Gasteiger partial charge in [0, 0.05) is 5.38 Å². The Morgan fingerprint density at radius 2 is 2.44 bits per heavy atom. The molecule has 1 aliphatic carbocycles. The summed E-state index contributed by atoms with van der Waals surface area (Å²) in [7, 11) is 0. The van der Waals surface area contributed by atoms with E-state index in [1.54, 1.807) is 17.6 Å². The lowest BCUT2D eigenvalue weighted by atomic mass is 9.77. The highest BCUT2D eigenvalue weighted by atomic mass is 32.1. The van der Waals surface area contributed by atoms with Crippen LogP contribution in [0.3, 0.4) is 0 Å².